The maximum Gasteiger partial charge on any atom is 0.289 e. The van der Waals surface area contributed by atoms with Crippen LogP contribution in [0, 0.1) is 0 Å². The molecule has 7 nitrogen and oxygen atoms in total. The highest BCUT2D eigenvalue weighted by atomic mass is 19.3. The lowest BCUT2D eigenvalue weighted by Gasteiger charge is -2.03. The molecule has 0 bridgehead atoms. The molecule has 0 saturated carbocycles. The number of fused-ring (bicyclic) bond motifs is 2. The second kappa shape index (κ2) is 4.70. The minimum Gasteiger partial charge on any atom is -0.367 e. The average Bonchev–Trinajstić information content (AvgIpc) is 3.19. The normalized spacial score (nSPS) is 15.7. The summed E-state index contributed by atoms with van der Waals surface area (Å²) in [7, 11) is 1.71. The Kier molecular flexibility index (Phi) is 2.77. The summed E-state index contributed by atoms with van der Waals surface area (Å²) in [6, 6.07) is 3.45. The topological polar surface area (TPSA) is 85.0 Å². The Balaban J connectivity index is 2.10. The molecule has 0 aromatic carbocycles. The van der Waals surface area contributed by atoms with Gasteiger partial charge in [-0.2, -0.15) is 4.98 Å². The summed E-state index contributed by atoms with van der Waals surface area (Å²) in [5, 5.41) is 7.66. The molecule has 4 rings (SSSR count). The van der Waals surface area contributed by atoms with Gasteiger partial charge in [0, 0.05) is 18.2 Å². The molecular weight excluding hydrogens is 304 g/mol. The second-order valence-electron chi connectivity index (χ2n) is 4.99. The third kappa shape index (κ3) is 1.86. The van der Waals surface area contributed by atoms with E-state index in [2.05, 4.69) is 20.4 Å². The van der Waals surface area contributed by atoms with Gasteiger partial charge in [-0.1, -0.05) is 0 Å². The third-order valence-electron chi connectivity index (χ3n) is 3.71. The van der Waals surface area contributed by atoms with E-state index in [1.807, 2.05) is 0 Å². The lowest BCUT2D eigenvalue weighted by atomic mass is 10.2. The Morgan fingerprint density at radius 2 is 2.17 bits per heavy atom. The van der Waals surface area contributed by atoms with Crippen LogP contribution in [-0.4, -0.2) is 26.5 Å². The smallest absolute Gasteiger partial charge is 0.289 e. The van der Waals surface area contributed by atoms with Crippen molar-refractivity contribution in [1.29, 1.82) is 0 Å². The number of hydrogen-bond donors (Lipinski definition) is 2. The number of nitrogens with one attached hydrogen (secondary N) is 1. The molecule has 0 unspecified atom stereocenters. The van der Waals surface area contributed by atoms with Gasteiger partial charge in [-0.25, -0.2) is 13.8 Å². The largest absolute Gasteiger partial charge is 0.367 e. The third-order valence-corrected chi connectivity index (χ3v) is 3.71. The Morgan fingerprint density at radius 3 is 2.91 bits per heavy atom. The average molecular weight is 316 g/mol. The molecule has 0 spiro atoms. The van der Waals surface area contributed by atoms with Crippen molar-refractivity contribution in [3.05, 3.63) is 41.1 Å². The van der Waals surface area contributed by atoms with Crippen molar-refractivity contribution in [2.45, 2.75) is 6.43 Å². The highest BCUT2D eigenvalue weighted by Crippen LogP contribution is 2.23. The number of aromatic nitrogens is 5. The van der Waals surface area contributed by atoms with E-state index in [0.717, 1.165) is 0 Å². The van der Waals surface area contributed by atoms with E-state index in [9.17, 15) is 8.78 Å². The van der Waals surface area contributed by atoms with Crippen LogP contribution in [0.5, 0.6) is 0 Å². The minimum atomic E-state index is -2.62. The molecule has 3 aromatic rings. The van der Waals surface area contributed by atoms with Gasteiger partial charge < -0.3 is 11.1 Å². The lowest BCUT2D eigenvalue weighted by molar-refractivity contribution is -0.632. The fourth-order valence-electron chi connectivity index (χ4n) is 2.77. The van der Waals surface area contributed by atoms with E-state index in [1.165, 1.54) is 10.6 Å². The number of halogens is 2. The zero-order valence-corrected chi connectivity index (χ0v) is 12.0. The number of hydrogen-bond acceptors (Lipinski definition) is 5. The molecule has 116 valence electrons. The van der Waals surface area contributed by atoms with E-state index >= 15 is 0 Å². The molecule has 3 N–H and O–H groups in total. The summed E-state index contributed by atoms with van der Waals surface area (Å²) in [5.41, 5.74) is 7.35. The van der Waals surface area contributed by atoms with Crippen molar-refractivity contribution in [3.63, 3.8) is 0 Å². The van der Waals surface area contributed by atoms with Crippen molar-refractivity contribution >= 4 is 29.2 Å². The van der Waals surface area contributed by atoms with Crippen molar-refractivity contribution in [2.24, 2.45) is 0 Å². The standard InChI is InChI=1S/C14H12F2N7/c1-18-13-11-7(4-5-22(11)21-14(17)20-13)8-2-3-10-19-6-9(12(15)16)23(8)10/h2-6,12H,1H3,(H3,17,18,20,21)/q+1. The van der Waals surface area contributed by atoms with Crippen LogP contribution in [-0.2, 0) is 0 Å². The first-order chi connectivity index (χ1) is 11.1. The van der Waals surface area contributed by atoms with E-state index in [-0.39, 0.29) is 11.6 Å². The van der Waals surface area contributed by atoms with Crippen LogP contribution in [0.2, 0.25) is 0 Å². The van der Waals surface area contributed by atoms with Crippen molar-refractivity contribution in [3.8, 4) is 0 Å². The molecule has 9 heteroatoms. The summed E-state index contributed by atoms with van der Waals surface area (Å²) in [5.74, 6) is 0.637. The fraction of sp³-hybridized carbons (Fsp3) is 0.143. The predicted molar refractivity (Wildman–Crippen MR) is 79.4 cm³/mol. The molecule has 1 aliphatic heterocycles. The zero-order valence-electron chi connectivity index (χ0n) is 12.0. The van der Waals surface area contributed by atoms with Gasteiger partial charge in [0.2, 0.25) is 12.0 Å². The number of nitrogens with zero attached hydrogens (tertiary/aromatic N) is 5. The predicted octanol–water partition coefficient (Wildman–Crippen LogP) is 0.376. The van der Waals surface area contributed by atoms with E-state index < -0.39 is 6.43 Å². The molecule has 3 aromatic heterocycles. The highest BCUT2D eigenvalue weighted by molar-refractivity contribution is 5.80. The Bertz CT molecular complexity index is 1010. The lowest BCUT2D eigenvalue weighted by Crippen LogP contribution is -2.36. The van der Waals surface area contributed by atoms with E-state index in [0.29, 0.717) is 28.1 Å². The summed E-state index contributed by atoms with van der Waals surface area (Å²) >= 11 is 0. The number of nitrogen functional groups attached to an aromatic ring is 1. The highest BCUT2D eigenvalue weighted by Gasteiger charge is 2.29. The molecule has 0 aliphatic carbocycles. The fourth-order valence-corrected chi connectivity index (χ4v) is 2.77. The van der Waals surface area contributed by atoms with Gasteiger partial charge in [0.25, 0.3) is 18.1 Å². The van der Waals surface area contributed by atoms with Gasteiger partial charge in [0.05, 0.1) is 17.1 Å². The molecule has 0 radical (unpaired) electrons. The van der Waals surface area contributed by atoms with Gasteiger partial charge in [0.1, 0.15) is 11.3 Å². The van der Waals surface area contributed by atoms with Crippen LogP contribution in [0.3, 0.4) is 0 Å². The number of allylic oxidation sites excluding steroid dienone is 1. The van der Waals surface area contributed by atoms with Gasteiger partial charge in [-0.05, 0) is 16.8 Å². The quantitative estimate of drug-likeness (QED) is 0.668. The maximum absolute atomic E-state index is 13.2. The summed E-state index contributed by atoms with van der Waals surface area (Å²) in [6.45, 7) is 0. The van der Waals surface area contributed by atoms with Crippen LogP contribution < -0.4 is 21.1 Å². The number of rotatable bonds is 2. The number of alkyl halides is 2. The Hall–Kier alpha value is -3.10. The Labute approximate surface area is 128 Å². The molecule has 4 heterocycles. The van der Waals surface area contributed by atoms with Crippen LogP contribution in [0.4, 0.5) is 20.5 Å². The van der Waals surface area contributed by atoms with Gasteiger partial charge in [0.15, 0.2) is 0 Å². The number of nitrogens with two attached hydrogens (primary N) is 1. The SMILES string of the molecule is CNc1nc(N)n[n+]2c1/C(=c1/ccc3ncc(C(F)F)n13)C=C2. The van der Waals surface area contributed by atoms with E-state index in [4.69, 9.17) is 5.73 Å². The minimum absolute atomic E-state index is 0.118. The van der Waals surface area contributed by atoms with Crippen LogP contribution in [0.25, 0.3) is 17.4 Å². The van der Waals surface area contributed by atoms with Gasteiger partial charge in [-0.3, -0.25) is 4.40 Å². The van der Waals surface area contributed by atoms with Crippen molar-refractivity contribution < 1.29 is 13.5 Å². The van der Waals surface area contributed by atoms with Crippen LogP contribution >= 0.6 is 0 Å². The summed E-state index contributed by atoms with van der Waals surface area (Å²) in [4.78, 5) is 8.17. The first-order valence-corrected chi connectivity index (χ1v) is 6.84. The monoisotopic (exact) mass is 316 g/mol. The molecule has 23 heavy (non-hydrogen) atoms. The van der Waals surface area contributed by atoms with Gasteiger partial charge in [-0.15, -0.1) is 0 Å². The van der Waals surface area contributed by atoms with Crippen LogP contribution in [0.1, 0.15) is 17.8 Å². The number of anilines is 2. The van der Waals surface area contributed by atoms with Crippen LogP contribution in [0.15, 0.2) is 24.4 Å². The molecule has 1 aliphatic rings. The molecule has 0 saturated heterocycles. The maximum atomic E-state index is 13.2. The van der Waals surface area contributed by atoms with E-state index in [1.54, 1.807) is 36.1 Å². The summed E-state index contributed by atoms with van der Waals surface area (Å²) < 4.78 is 29.5. The Morgan fingerprint density at radius 1 is 1.35 bits per heavy atom. The van der Waals surface area contributed by atoms with Crippen molar-refractivity contribution in [2.75, 3.05) is 18.1 Å². The zero-order chi connectivity index (χ0) is 16.1. The molecule has 0 amide bonds. The first kappa shape index (κ1) is 13.6. The van der Waals surface area contributed by atoms with Gasteiger partial charge >= 0.3 is 0 Å². The first-order valence-electron chi connectivity index (χ1n) is 6.84. The molecular formula is C14H12F2N7+. The molecule has 0 atom stereocenters. The molecule has 0 fully saturated rings. The number of imidazole rings is 1. The van der Waals surface area contributed by atoms with Crippen molar-refractivity contribution in [1.82, 2.24) is 19.5 Å². The summed E-state index contributed by atoms with van der Waals surface area (Å²) in [6.07, 6.45) is 2.07. The second-order valence-corrected chi connectivity index (χ2v) is 4.99.